The molecule has 3 rings (SSSR count). The average molecular weight is 432 g/mol. The molecule has 2 aromatic rings. The molecule has 2 aromatic carbocycles. The first-order chi connectivity index (χ1) is 14.0. The molecule has 1 aliphatic rings. The first kappa shape index (κ1) is 21.6. The van der Waals surface area contributed by atoms with Crippen LogP contribution in [0.2, 0.25) is 0 Å². The van der Waals surface area contributed by atoms with Gasteiger partial charge in [0.1, 0.15) is 11.9 Å². The number of carbonyl (C=O) groups excluding carboxylic acids is 2. The molecule has 0 saturated carbocycles. The van der Waals surface area contributed by atoms with Crippen LogP contribution in [0, 0.1) is 0 Å². The summed E-state index contributed by atoms with van der Waals surface area (Å²) >= 11 is 3.83. The topological polar surface area (TPSA) is 78.6 Å². The number of hydrogen-bond donors (Lipinski definition) is 1. The predicted octanol–water partition coefficient (Wildman–Crippen LogP) is 4.13. The zero-order valence-corrected chi connectivity index (χ0v) is 17.9. The van der Waals surface area contributed by atoms with E-state index in [1.807, 2.05) is 59.9 Å². The van der Waals surface area contributed by atoms with Gasteiger partial charge in [0.05, 0.1) is 4.58 Å². The highest BCUT2D eigenvalue weighted by atomic mass is 32.2. The fourth-order valence-corrected chi connectivity index (χ4v) is 6.57. The van der Waals surface area contributed by atoms with Crippen molar-refractivity contribution in [1.82, 2.24) is 0 Å². The van der Waals surface area contributed by atoms with E-state index in [2.05, 4.69) is 12.1 Å². The van der Waals surface area contributed by atoms with E-state index in [0.717, 1.165) is 22.6 Å². The largest absolute Gasteiger partial charge is 0.484 e. The first-order valence-corrected chi connectivity index (χ1v) is 11.6. The lowest BCUT2D eigenvalue weighted by Crippen LogP contribution is -2.26. The Hall–Kier alpha value is -2.12. The van der Waals surface area contributed by atoms with Crippen molar-refractivity contribution in [1.29, 1.82) is 0 Å². The van der Waals surface area contributed by atoms with Gasteiger partial charge in [-0.05, 0) is 41.2 Å². The van der Waals surface area contributed by atoms with Crippen LogP contribution in [0.3, 0.4) is 0 Å². The number of amides is 1. The third kappa shape index (κ3) is 6.18. The van der Waals surface area contributed by atoms with Crippen molar-refractivity contribution in [3.63, 3.8) is 0 Å². The molecule has 154 valence electrons. The maximum absolute atomic E-state index is 12.0. The van der Waals surface area contributed by atoms with Crippen LogP contribution in [0.4, 0.5) is 0 Å². The van der Waals surface area contributed by atoms with Crippen LogP contribution in [-0.4, -0.2) is 34.6 Å². The highest BCUT2D eigenvalue weighted by molar-refractivity contribution is 8.17. The number of thioether (sulfide) groups is 2. The van der Waals surface area contributed by atoms with Gasteiger partial charge in [-0.3, -0.25) is 9.59 Å². The van der Waals surface area contributed by atoms with Crippen molar-refractivity contribution in [3.8, 4) is 5.75 Å². The lowest BCUT2D eigenvalue weighted by atomic mass is 9.90. The van der Waals surface area contributed by atoms with E-state index in [1.165, 1.54) is 13.3 Å². The number of rotatable bonds is 8. The van der Waals surface area contributed by atoms with Gasteiger partial charge < -0.3 is 15.2 Å². The lowest BCUT2D eigenvalue weighted by Gasteiger charge is -2.35. The van der Waals surface area contributed by atoms with Crippen LogP contribution in [0.25, 0.3) is 0 Å². The van der Waals surface area contributed by atoms with Crippen LogP contribution in [0.15, 0.2) is 54.6 Å². The number of primary amides is 1. The zero-order valence-electron chi connectivity index (χ0n) is 16.3. The van der Waals surface area contributed by atoms with Gasteiger partial charge >= 0.3 is 5.97 Å². The summed E-state index contributed by atoms with van der Waals surface area (Å²) in [5, 5.41) is 0. The van der Waals surface area contributed by atoms with Gasteiger partial charge in [0.15, 0.2) is 6.61 Å². The number of benzene rings is 2. The number of esters is 1. The summed E-state index contributed by atoms with van der Waals surface area (Å²) < 4.78 is 11.6. The van der Waals surface area contributed by atoms with Crippen LogP contribution in [0.1, 0.15) is 36.5 Å². The van der Waals surface area contributed by atoms with Crippen molar-refractivity contribution < 1.29 is 19.1 Å². The summed E-state index contributed by atoms with van der Waals surface area (Å²) in [4.78, 5) is 23.1. The SMILES string of the molecule is CC(=O)OC(c1cccc(OCC(N)=O)c1)C(c1ccccc1)C1SCCCS1. The van der Waals surface area contributed by atoms with Crippen LogP contribution in [-0.2, 0) is 14.3 Å². The Bertz CT molecular complexity index is 825. The normalized spacial score (nSPS) is 16.6. The summed E-state index contributed by atoms with van der Waals surface area (Å²) in [5.74, 6) is 1.83. The Morgan fingerprint density at radius 3 is 2.41 bits per heavy atom. The Morgan fingerprint density at radius 1 is 1.07 bits per heavy atom. The third-order valence-corrected chi connectivity index (χ3v) is 7.63. The second-order valence-corrected chi connectivity index (χ2v) is 9.55. The molecule has 0 bridgehead atoms. The fourth-order valence-electron chi connectivity index (χ4n) is 3.33. The maximum atomic E-state index is 12.0. The molecule has 0 spiro atoms. The highest BCUT2D eigenvalue weighted by Gasteiger charge is 2.36. The summed E-state index contributed by atoms with van der Waals surface area (Å²) in [7, 11) is 0. The summed E-state index contributed by atoms with van der Waals surface area (Å²) in [6, 6.07) is 17.5. The van der Waals surface area contributed by atoms with Gasteiger partial charge in [-0.25, -0.2) is 0 Å². The Balaban J connectivity index is 1.98. The molecule has 0 aliphatic carbocycles. The molecule has 29 heavy (non-hydrogen) atoms. The van der Waals surface area contributed by atoms with E-state index in [0.29, 0.717) is 5.75 Å². The zero-order chi connectivity index (χ0) is 20.6. The minimum atomic E-state index is -0.538. The fraction of sp³-hybridized carbons (Fsp3) is 0.364. The van der Waals surface area contributed by atoms with Gasteiger partial charge in [-0.15, -0.1) is 23.5 Å². The van der Waals surface area contributed by atoms with Crippen molar-refractivity contribution in [2.75, 3.05) is 18.1 Å². The smallest absolute Gasteiger partial charge is 0.303 e. The molecule has 1 saturated heterocycles. The molecule has 1 heterocycles. The summed E-state index contributed by atoms with van der Waals surface area (Å²) in [5.41, 5.74) is 7.16. The lowest BCUT2D eigenvalue weighted by molar-refractivity contribution is -0.147. The summed E-state index contributed by atoms with van der Waals surface area (Å²) in [6.45, 7) is 1.24. The molecule has 1 aliphatic heterocycles. The Kier molecular flexibility index (Phi) is 7.89. The number of hydrogen-bond acceptors (Lipinski definition) is 6. The standard InChI is InChI=1S/C22H25NO4S2/c1-15(24)27-21(17-9-5-10-18(13-17)26-14-19(23)25)20(16-7-3-2-4-8-16)22-28-11-6-12-29-22/h2-5,7-10,13,20-22H,6,11-12,14H2,1H3,(H2,23,25). The quantitative estimate of drug-likeness (QED) is 0.633. The molecule has 1 amide bonds. The molecule has 5 nitrogen and oxygen atoms in total. The van der Waals surface area contributed by atoms with Gasteiger partial charge in [-0.1, -0.05) is 42.5 Å². The van der Waals surface area contributed by atoms with Crippen molar-refractivity contribution in [2.24, 2.45) is 5.73 Å². The molecule has 1 fully saturated rings. The highest BCUT2D eigenvalue weighted by Crippen LogP contribution is 2.48. The van der Waals surface area contributed by atoms with Crippen molar-refractivity contribution in [2.45, 2.75) is 29.9 Å². The molecule has 2 unspecified atom stereocenters. The van der Waals surface area contributed by atoms with Crippen molar-refractivity contribution in [3.05, 3.63) is 65.7 Å². The van der Waals surface area contributed by atoms with E-state index < -0.39 is 12.0 Å². The maximum Gasteiger partial charge on any atom is 0.303 e. The average Bonchev–Trinajstić information content (AvgIpc) is 2.73. The molecular formula is C22H25NO4S2. The summed E-state index contributed by atoms with van der Waals surface area (Å²) in [6.07, 6.45) is 0.720. The number of carbonyl (C=O) groups is 2. The van der Waals surface area contributed by atoms with Crippen LogP contribution in [0.5, 0.6) is 5.75 Å². The van der Waals surface area contributed by atoms with E-state index in [9.17, 15) is 9.59 Å². The minimum absolute atomic E-state index is 0.0122. The second kappa shape index (κ2) is 10.6. The van der Waals surface area contributed by atoms with E-state index in [4.69, 9.17) is 15.2 Å². The Labute approximate surface area is 179 Å². The molecule has 0 aromatic heterocycles. The van der Waals surface area contributed by atoms with E-state index >= 15 is 0 Å². The minimum Gasteiger partial charge on any atom is -0.484 e. The number of ether oxygens (including phenoxy) is 2. The molecule has 2 atom stereocenters. The molecular weight excluding hydrogens is 406 g/mol. The van der Waals surface area contributed by atoms with Gasteiger partial charge in [0, 0.05) is 12.8 Å². The molecule has 7 heteroatoms. The predicted molar refractivity (Wildman–Crippen MR) is 118 cm³/mol. The van der Waals surface area contributed by atoms with Crippen molar-refractivity contribution >= 4 is 35.4 Å². The van der Waals surface area contributed by atoms with Gasteiger partial charge in [0.2, 0.25) is 0 Å². The number of nitrogens with two attached hydrogens (primary N) is 1. The molecule has 0 radical (unpaired) electrons. The monoisotopic (exact) mass is 431 g/mol. The Morgan fingerprint density at radius 2 is 1.76 bits per heavy atom. The van der Waals surface area contributed by atoms with Gasteiger partial charge in [-0.2, -0.15) is 0 Å². The van der Waals surface area contributed by atoms with E-state index in [1.54, 1.807) is 6.07 Å². The molecule has 2 N–H and O–H groups in total. The van der Waals surface area contributed by atoms with Crippen LogP contribution < -0.4 is 10.5 Å². The van der Waals surface area contributed by atoms with E-state index in [-0.39, 0.29) is 23.1 Å². The first-order valence-electron chi connectivity index (χ1n) is 9.51. The van der Waals surface area contributed by atoms with Gasteiger partial charge in [0.25, 0.3) is 5.91 Å². The third-order valence-electron chi connectivity index (χ3n) is 4.52. The van der Waals surface area contributed by atoms with Crippen LogP contribution >= 0.6 is 23.5 Å². The second-order valence-electron chi connectivity index (χ2n) is 6.76.